The van der Waals surface area contributed by atoms with E-state index < -0.39 is 29.8 Å². The number of amides is 2. The zero-order valence-corrected chi connectivity index (χ0v) is 18.9. The van der Waals surface area contributed by atoms with Gasteiger partial charge in [-0.3, -0.25) is 19.7 Å². The van der Waals surface area contributed by atoms with Crippen LogP contribution in [0.2, 0.25) is 0 Å². The second-order valence-electron chi connectivity index (χ2n) is 8.56. The second-order valence-corrected chi connectivity index (χ2v) is 8.56. The molecule has 1 heterocycles. The van der Waals surface area contributed by atoms with Crippen LogP contribution in [0.5, 0.6) is 0 Å². The summed E-state index contributed by atoms with van der Waals surface area (Å²) < 4.78 is 26.5. The predicted octanol–water partition coefficient (Wildman–Crippen LogP) is 2.27. The summed E-state index contributed by atoms with van der Waals surface area (Å²) >= 11 is 0. The fourth-order valence-electron chi connectivity index (χ4n) is 3.65. The van der Waals surface area contributed by atoms with Gasteiger partial charge in [0.25, 0.3) is 18.2 Å². The molecular formula is C25H28F2N4O3. The van der Waals surface area contributed by atoms with E-state index in [1.165, 1.54) is 36.0 Å². The molecule has 0 aliphatic carbocycles. The third-order valence-corrected chi connectivity index (χ3v) is 5.80. The molecule has 0 spiro atoms. The van der Waals surface area contributed by atoms with Crippen LogP contribution < -0.4 is 16.5 Å². The molecule has 3 rings (SSSR count). The number of carbonyl (C=O) groups is 2. The number of hydrogen-bond donors (Lipinski definition) is 4. The molecule has 1 saturated heterocycles. The summed E-state index contributed by atoms with van der Waals surface area (Å²) in [5, 5.41) is 11.0. The van der Waals surface area contributed by atoms with Crippen LogP contribution in [-0.2, 0) is 11.3 Å². The molecule has 2 aromatic carbocycles. The molecule has 2 amide bonds. The first kappa shape index (κ1) is 25.3. The molecule has 2 aromatic rings. The summed E-state index contributed by atoms with van der Waals surface area (Å²) in [6, 6.07) is 12.4. The third kappa shape index (κ3) is 6.38. The highest BCUT2D eigenvalue weighted by atomic mass is 19.3. The number of nitrogens with zero attached hydrogens (tertiary/aromatic N) is 1. The van der Waals surface area contributed by atoms with Crippen molar-refractivity contribution in [2.24, 2.45) is 5.73 Å². The third-order valence-electron chi connectivity index (χ3n) is 5.80. The van der Waals surface area contributed by atoms with Gasteiger partial charge in [0, 0.05) is 23.2 Å². The molecule has 0 bridgehead atoms. The zero-order valence-electron chi connectivity index (χ0n) is 18.9. The monoisotopic (exact) mass is 470 g/mol. The summed E-state index contributed by atoms with van der Waals surface area (Å²) in [6.07, 6.45) is -0.614. The lowest BCUT2D eigenvalue weighted by atomic mass is 9.92. The van der Waals surface area contributed by atoms with Crippen LogP contribution in [0, 0.1) is 11.8 Å². The van der Waals surface area contributed by atoms with E-state index in [2.05, 4.69) is 34.2 Å². The summed E-state index contributed by atoms with van der Waals surface area (Å²) in [4.78, 5) is 26.7. The number of hydrogen-bond acceptors (Lipinski definition) is 5. The Bertz CT molecular complexity index is 1050. The highest BCUT2D eigenvalue weighted by Crippen LogP contribution is 2.18. The van der Waals surface area contributed by atoms with E-state index in [-0.39, 0.29) is 5.56 Å². The smallest absolute Gasteiger partial charge is 0.268 e. The van der Waals surface area contributed by atoms with Crippen molar-refractivity contribution in [2.75, 3.05) is 13.1 Å². The van der Waals surface area contributed by atoms with Crippen LogP contribution in [-0.4, -0.2) is 53.0 Å². The van der Waals surface area contributed by atoms with Gasteiger partial charge < -0.3 is 11.1 Å². The molecule has 34 heavy (non-hydrogen) atoms. The summed E-state index contributed by atoms with van der Waals surface area (Å²) in [5.74, 6) is 4.06. The predicted molar refractivity (Wildman–Crippen MR) is 123 cm³/mol. The molecule has 1 aliphatic rings. The molecule has 0 saturated carbocycles. The van der Waals surface area contributed by atoms with E-state index in [9.17, 15) is 18.4 Å². The molecule has 7 nitrogen and oxygen atoms in total. The Labute approximate surface area is 197 Å². The van der Waals surface area contributed by atoms with Gasteiger partial charge in [-0.15, -0.1) is 0 Å². The number of hydroxylamine groups is 1. The number of halogens is 2. The molecule has 1 aliphatic heterocycles. The van der Waals surface area contributed by atoms with E-state index >= 15 is 0 Å². The SMILES string of the molecule is CC(N)(C(F)F)[C@H](NC(=O)c1ccc(C#Cc2ccc(CN3CCCC3)cc2)cc1)C(=O)NO. The number of carbonyl (C=O) groups excluding carboxylic acids is 2. The number of rotatable bonds is 7. The van der Waals surface area contributed by atoms with Crippen LogP contribution in [0.15, 0.2) is 48.5 Å². The molecule has 1 fully saturated rings. The number of likely N-dealkylation sites (tertiary alicyclic amines) is 1. The van der Waals surface area contributed by atoms with Crippen LogP contribution in [0.1, 0.15) is 46.8 Å². The normalized spacial score (nSPS) is 16.3. The van der Waals surface area contributed by atoms with E-state index in [0.717, 1.165) is 32.1 Å². The van der Waals surface area contributed by atoms with Gasteiger partial charge in [-0.2, -0.15) is 0 Å². The Morgan fingerprint density at radius 2 is 1.59 bits per heavy atom. The Morgan fingerprint density at radius 1 is 1.06 bits per heavy atom. The quantitative estimate of drug-likeness (QED) is 0.282. The Balaban J connectivity index is 1.64. The van der Waals surface area contributed by atoms with Crippen molar-refractivity contribution in [2.45, 2.75) is 44.3 Å². The molecule has 5 N–H and O–H groups in total. The van der Waals surface area contributed by atoms with Gasteiger partial charge in [0.05, 0.1) is 0 Å². The maximum Gasteiger partial charge on any atom is 0.268 e. The molecule has 1 unspecified atom stereocenters. The fraction of sp³-hybridized carbons (Fsp3) is 0.360. The summed E-state index contributed by atoms with van der Waals surface area (Å²) in [7, 11) is 0. The number of nitrogens with two attached hydrogens (primary N) is 1. The van der Waals surface area contributed by atoms with E-state index in [1.807, 2.05) is 12.1 Å². The summed E-state index contributed by atoms with van der Waals surface area (Å²) in [5.41, 5.74) is 7.27. The molecule has 0 aromatic heterocycles. The highest BCUT2D eigenvalue weighted by molar-refractivity contribution is 5.98. The van der Waals surface area contributed by atoms with E-state index in [0.29, 0.717) is 5.56 Å². The zero-order chi connectivity index (χ0) is 24.7. The van der Waals surface area contributed by atoms with Gasteiger partial charge in [-0.25, -0.2) is 14.3 Å². The van der Waals surface area contributed by atoms with Gasteiger partial charge in [0.1, 0.15) is 11.6 Å². The minimum absolute atomic E-state index is 0.123. The molecule has 0 radical (unpaired) electrons. The average molecular weight is 471 g/mol. The van der Waals surface area contributed by atoms with Gasteiger partial charge in [-0.05, 0) is 74.8 Å². The number of nitrogens with one attached hydrogen (secondary N) is 2. The van der Waals surface area contributed by atoms with Crippen molar-refractivity contribution in [3.8, 4) is 11.8 Å². The van der Waals surface area contributed by atoms with Gasteiger partial charge in [-0.1, -0.05) is 24.0 Å². The number of alkyl halides is 2. The van der Waals surface area contributed by atoms with Crippen LogP contribution >= 0.6 is 0 Å². The van der Waals surface area contributed by atoms with Crippen molar-refractivity contribution in [1.29, 1.82) is 0 Å². The first-order valence-corrected chi connectivity index (χ1v) is 11.0. The van der Waals surface area contributed by atoms with E-state index in [4.69, 9.17) is 10.9 Å². The minimum atomic E-state index is -3.12. The van der Waals surface area contributed by atoms with Gasteiger partial charge in [0.2, 0.25) is 0 Å². The Morgan fingerprint density at radius 3 is 2.09 bits per heavy atom. The maximum atomic E-state index is 13.2. The van der Waals surface area contributed by atoms with Crippen molar-refractivity contribution >= 4 is 11.8 Å². The van der Waals surface area contributed by atoms with Crippen LogP contribution in [0.25, 0.3) is 0 Å². The standard InChI is InChI=1S/C25H28F2N4O3/c1-25(28,24(26)27)21(23(33)30-34)29-22(32)20-12-10-18(11-13-20)5-4-17-6-8-19(9-7-17)16-31-14-2-3-15-31/h6-13,21,24,34H,2-3,14-16,28H2,1H3,(H,29,32)(H,30,33)/t21-,25?/m1/s1. The second kappa shape index (κ2) is 11.2. The lowest BCUT2D eigenvalue weighted by molar-refractivity contribution is -0.134. The van der Waals surface area contributed by atoms with Crippen LogP contribution in [0.3, 0.4) is 0 Å². The Hall–Kier alpha value is -3.32. The average Bonchev–Trinajstić information content (AvgIpc) is 3.34. The topological polar surface area (TPSA) is 108 Å². The summed E-state index contributed by atoms with van der Waals surface area (Å²) in [6.45, 7) is 4.14. The van der Waals surface area contributed by atoms with Crippen molar-refractivity contribution in [3.05, 3.63) is 70.8 Å². The molecular weight excluding hydrogens is 442 g/mol. The molecule has 180 valence electrons. The molecule has 9 heteroatoms. The number of benzene rings is 2. The first-order valence-electron chi connectivity index (χ1n) is 11.0. The van der Waals surface area contributed by atoms with E-state index in [1.54, 1.807) is 12.1 Å². The first-order chi connectivity index (χ1) is 16.2. The minimum Gasteiger partial charge on any atom is -0.338 e. The largest absolute Gasteiger partial charge is 0.338 e. The van der Waals surface area contributed by atoms with Crippen molar-refractivity contribution in [3.63, 3.8) is 0 Å². The Kier molecular flexibility index (Phi) is 8.34. The van der Waals surface area contributed by atoms with Crippen molar-refractivity contribution in [1.82, 2.24) is 15.7 Å². The van der Waals surface area contributed by atoms with Crippen molar-refractivity contribution < 1.29 is 23.6 Å². The lowest BCUT2D eigenvalue weighted by Crippen LogP contribution is -2.66. The van der Waals surface area contributed by atoms with Crippen LogP contribution in [0.4, 0.5) is 8.78 Å². The maximum absolute atomic E-state index is 13.2. The van der Waals surface area contributed by atoms with Gasteiger partial charge in [0.15, 0.2) is 0 Å². The van der Waals surface area contributed by atoms with Gasteiger partial charge >= 0.3 is 0 Å². The lowest BCUT2D eigenvalue weighted by Gasteiger charge is -2.32. The molecule has 2 atom stereocenters. The highest BCUT2D eigenvalue weighted by Gasteiger charge is 2.44. The fourth-order valence-corrected chi connectivity index (χ4v) is 3.65.